The Morgan fingerprint density at radius 1 is 1.42 bits per heavy atom. The Bertz CT molecular complexity index is 785. The summed E-state index contributed by atoms with van der Waals surface area (Å²) >= 11 is 0. The Labute approximate surface area is 155 Å². The van der Waals surface area contributed by atoms with Crippen LogP contribution >= 0.6 is 0 Å². The molecule has 1 aliphatic carbocycles. The van der Waals surface area contributed by atoms with Crippen molar-refractivity contribution in [1.82, 2.24) is 15.2 Å². The van der Waals surface area contributed by atoms with Gasteiger partial charge in [0.05, 0.1) is 13.2 Å². The molecule has 0 spiro atoms. The second-order valence-corrected chi connectivity index (χ2v) is 7.77. The van der Waals surface area contributed by atoms with Crippen molar-refractivity contribution in [3.63, 3.8) is 0 Å². The number of hydrogen-bond donors (Lipinski definition) is 2. The first-order valence-corrected chi connectivity index (χ1v) is 9.82. The third-order valence-electron chi connectivity index (χ3n) is 6.12. The van der Waals surface area contributed by atoms with E-state index in [1.165, 1.54) is 28.5 Å². The molecule has 140 valence electrons. The van der Waals surface area contributed by atoms with E-state index in [-0.39, 0.29) is 5.97 Å². The molecule has 2 N–H and O–H groups in total. The van der Waals surface area contributed by atoms with Crippen LogP contribution < -0.4 is 5.32 Å². The molecule has 5 nitrogen and oxygen atoms in total. The Kier molecular flexibility index (Phi) is 5.00. The number of carbonyl (C=O) groups excluding carboxylic acids is 1. The summed E-state index contributed by atoms with van der Waals surface area (Å²) < 4.78 is 4.97. The minimum Gasteiger partial charge on any atom is -0.465 e. The summed E-state index contributed by atoms with van der Waals surface area (Å²) in [6.45, 7) is 4.61. The van der Waals surface area contributed by atoms with Gasteiger partial charge >= 0.3 is 5.97 Å². The molecule has 2 aliphatic rings. The summed E-state index contributed by atoms with van der Waals surface area (Å²) in [6.07, 6.45) is 5.68. The van der Waals surface area contributed by atoms with Crippen LogP contribution in [0.3, 0.4) is 0 Å². The van der Waals surface area contributed by atoms with Crippen LogP contribution in [0, 0.1) is 5.92 Å². The Morgan fingerprint density at radius 2 is 2.31 bits per heavy atom. The van der Waals surface area contributed by atoms with E-state index in [1.54, 1.807) is 0 Å². The standard InChI is InChI=1S/C21H29N3O2/c1-3-26-20(25)12-22-8-7-14-9-17-16-5-4-6-18-21(16)15(11-23-18)10-19(17)24(2)13-14/h4-6,11,14,17,19,22-23H,3,7-10,12-13H2,1-2H3/t14?,17-,19-/m1/s1. The number of benzene rings is 1. The fourth-order valence-corrected chi connectivity index (χ4v) is 4.97. The minimum absolute atomic E-state index is 0.160. The van der Waals surface area contributed by atoms with Crippen molar-refractivity contribution in [2.24, 2.45) is 5.92 Å². The predicted octanol–water partition coefficient (Wildman–Crippen LogP) is 2.67. The summed E-state index contributed by atoms with van der Waals surface area (Å²) in [5.74, 6) is 1.11. The zero-order valence-electron chi connectivity index (χ0n) is 15.8. The first kappa shape index (κ1) is 17.6. The second kappa shape index (κ2) is 7.41. The van der Waals surface area contributed by atoms with Crippen LogP contribution in [0.1, 0.15) is 36.8 Å². The van der Waals surface area contributed by atoms with Gasteiger partial charge in [-0.1, -0.05) is 12.1 Å². The van der Waals surface area contributed by atoms with Crippen molar-refractivity contribution < 1.29 is 9.53 Å². The minimum atomic E-state index is -0.160. The lowest BCUT2D eigenvalue weighted by atomic mass is 9.72. The van der Waals surface area contributed by atoms with Crippen molar-refractivity contribution in [1.29, 1.82) is 0 Å². The van der Waals surface area contributed by atoms with Gasteiger partial charge in [0.25, 0.3) is 0 Å². The Morgan fingerprint density at radius 3 is 3.15 bits per heavy atom. The van der Waals surface area contributed by atoms with E-state index in [0.717, 1.165) is 25.9 Å². The molecule has 1 aromatic heterocycles. The fraction of sp³-hybridized carbons (Fsp3) is 0.571. The summed E-state index contributed by atoms with van der Waals surface area (Å²) in [7, 11) is 2.27. The van der Waals surface area contributed by atoms with Crippen LogP contribution in [0.5, 0.6) is 0 Å². The average molecular weight is 355 g/mol. The van der Waals surface area contributed by atoms with Gasteiger partial charge < -0.3 is 19.9 Å². The molecule has 1 fully saturated rings. The molecular weight excluding hydrogens is 326 g/mol. The number of esters is 1. The van der Waals surface area contributed by atoms with Crippen LogP contribution in [-0.2, 0) is 16.0 Å². The van der Waals surface area contributed by atoms with Crippen LogP contribution in [-0.4, -0.2) is 55.2 Å². The summed E-state index contributed by atoms with van der Waals surface area (Å²) in [5, 5.41) is 4.70. The van der Waals surface area contributed by atoms with E-state index in [2.05, 4.69) is 46.6 Å². The van der Waals surface area contributed by atoms with E-state index in [0.29, 0.717) is 31.0 Å². The van der Waals surface area contributed by atoms with Crippen molar-refractivity contribution >= 4 is 16.9 Å². The van der Waals surface area contributed by atoms with Gasteiger partial charge in [-0.3, -0.25) is 4.79 Å². The number of likely N-dealkylation sites (tertiary alicyclic amines) is 1. The van der Waals surface area contributed by atoms with Gasteiger partial charge in [-0.15, -0.1) is 0 Å². The Hall–Kier alpha value is -1.85. The molecule has 0 radical (unpaired) electrons. The van der Waals surface area contributed by atoms with Gasteiger partial charge in [-0.25, -0.2) is 0 Å². The lowest BCUT2D eigenvalue weighted by molar-refractivity contribution is -0.142. The number of carbonyl (C=O) groups is 1. The number of aromatic amines is 1. The molecule has 3 atom stereocenters. The maximum Gasteiger partial charge on any atom is 0.319 e. The van der Waals surface area contributed by atoms with Gasteiger partial charge in [0.2, 0.25) is 0 Å². The maximum absolute atomic E-state index is 11.4. The Balaban J connectivity index is 1.42. The summed E-state index contributed by atoms with van der Waals surface area (Å²) in [4.78, 5) is 17.4. The van der Waals surface area contributed by atoms with Crippen molar-refractivity contribution in [3.05, 3.63) is 35.5 Å². The number of nitrogens with one attached hydrogen (secondary N) is 2. The number of ether oxygens (including phenoxy) is 1. The zero-order valence-corrected chi connectivity index (χ0v) is 15.8. The SMILES string of the molecule is CCOC(=O)CNCCC1C[C@@H]2c3cccc4[nH]cc(c34)C[C@H]2N(C)C1. The quantitative estimate of drug-likeness (QED) is 0.618. The monoisotopic (exact) mass is 355 g/mol. The zero-order chi connectivity index (χ0) is 18.1. The lowest BCUT2D eigenvalue weighted by Crippen LogP contribution is -2.48. The molecule has 1 unspecified atom stereocenters. The van der Waals surface area contributed by atoms with E-state index in [4.69, 9.17) is 4.74 Å². The molecule has 0 amide bonds. The molecule has 5 heteroatoms. The number of hydrogen-bond acceptors (Lipinski definition) is 4. The molecule has 2 heterocycles. The largest absolute Gasteiger partial charge is 0.465 e. The highest BCUT2D eigenvalue weighted by Crippen LogP contribution is 2.44. The third-order valence-corrected chi connectivity index (χ3v) is 6.12. The predicted molar refractivity (Wildman–Crippen MR) is 103 cm³/mol. The molecule has 4 rings (SSSR count). The highest BCUT2D eigenvalue weighted by Gasteiger charge is 2.39. The number of nitrogens with zero attached hydrogens (tertiary/aromatic N) is 1. The highest BCUT2D eigenvalue weighted by atomic mass is 16.5. The first-order valence-electron chi connectivity index (χ1n) is 9.82. The second-order valence-electron chi connectivity index (χ2n) is 7.77. The molecule has 0 bridgehead atoms. The van der Waals surface area contributed by atoms with Crippen molar-refractivity contribution in [2.75, 3.05) is 33.3 Å². The normalized spacial score (nSPS) is 25.2. The fourth-order valence-electron chi connectivity index (χ4n) is 4.97. The summed E-state index contributed by atoms with van der Waals surface area (Å²) in [6, 6.07) is 7.30. The molecule has 1 aromatic carbocycles. The molecule has 1 aliphatic heterocycles. The maximum atomic E-state index is 11.4. The van der Waals surface area contributed by atoms with Gasteiger partial charge in [0.1, 0.15) is 0 Å². The number of aromatic nitrogens is 1. The lowest BCUT2D eigenvalue weighted by Gasteiger charge is -2.45. The number of likely N-dealkylation sites (N-methyl/N-ethyl adjacent to an activating group) is 1. The van der Waals surface area contributed by atoms with E-state index >= 15 is 0 Å². The summed E-state index contributed by atoms with van der Waals surface area (Å²) in [5.41, 5.74) is 4.26. The van der Waals surface area contributed by atoms with Gasteiger partial charge in [-0.2, -0.15) is 0 Å². The number of H-pyrrole nitrogens is 1. The van der Waals surface area contributed by atoms with Crippen LogP contribution in [0.15, 0.2) is 24.4 Å². The number of rotatable bonds is 6. The topological polar surface area (TPSA) is 57.4 Å². The van der Waals surface area contributed by atoms with Crippen molar-refractivity contribution in [3.8, 4) is 0 Å². The van der Waals surface area contributed by atoms with E-state index in [1.807, 2.05) is 6.92 Å². The van der Waals surface area contributed by atoms with E-state index < -0.39 is 0 Å². The van der Waals surface area contributed by atoms with Gasteiger partial charge in [0.15, 0.2) is 0 Å². The average Bonchev–Trinajstić information content (AvgIpc) is 3.05. The van der Waals surface area contributed by atoms with Gasteiger partial charge in [0, 0.05) is 35.6 Å². The van der Waals surface area contributed by atoms with Crippen LogP contribution in [0.25, 0.3) is 10.9 Å². The molecule has 0 saturated carbocycles. The molecular formula is C21H29N3O2. The van der Waals surface area contributed by atoms with Crippen LogP contribution in [0.2, 0.25) is 0 Å². The molecule has 2 aromatic rings. The first-order chi connectivity index (χ1) is 12.7. The van der Waals surface area contributed by atoms with Crippen LogP contribution in [0.4, 0.5) is 0 Å². The highest BCUT2D eigenvalue weighted by molar-refractivity contribution is 5.88. The smallest absolute Gasteiger partial charge is 0.319 e. The van der Waals surface area contributed by atoms with Crippen molar-refractivity contribution in [2.45, 2.75) is 38.1 Å². The number of fused-ring (bicyclic) bond motifs is 2. The molecule has 1 saturated heterocycles. The number of piperidine rings is 1. The third kappa shape index (κ3) is 3.26. The molecule has 26 heavy (non-hydrogen) atoms. The van der Waals surface area contributed by atoms with Gasteiger partial charge in [-0.05, 0) is 62.9 Å². The van der Waals surface area contributed by atoms with E-state index in [9.17, 15) is 4.79 Å².